The molecule has 3 N–H and O–H groups in total. The normalized spacial score (nSPS) is 38.7. The van der Waals surface area contributed by atoms with E-state index >= 15 is 0 Å². The molecule has 2 saturated carbocycles. The fourth-order valence-corrected chi connectivity index (χ4v) is 8.32. The standard InChI is InChI=1S/C26H32F3N3O3/c1-13-22-8-19-16(6-17(7-21(19)30)26(27,28)29)12-32(22)24(35)25(13)3-2-18(9-25)31-10-14-4-15(11-31)20(5-14)23(33)34/h6-7,13-15,18,20,22H,2-5,8-12,30H2,1H3,(H,33,34)/t13?,14?,15?,18-,20?,22?,25+/m1/s1. The molecule has 0 aromatic heterocycles. The zero-order chi connectivity index (χ0) is 24.9. The molecule has 1 aromatic rings. The lowest BCUT2D eigenvalue weighted by molar-refractivity contribution is -0.143. The van der Waals surface area contributed by atoms with Crippen LogP contribution in [0.3, 0.4) is 0 Å². The Morgan fingerprint density at radius 3 is 2.71 bits per heavy atom. The van der Waals surface area contributed by atoms with Gasteiger partial charge in [-0.2, -0.15) is 13.2 Å². The molecule has 3 aliphatic heterocycles. The molecule has 190 valence electrons. The zero-order valence-electron chi connectivity index (χ0n) is 19.9. The lowest BCUT2D eigenvalue weighted by Crippen LogP contribution is -2.44. The number of hydrogen-bond acceptors (Lipinski definition) is 4. The maximum absolute atomic E-state index is 13.8. The molecule has 3 heterocycles. The van der Waals surface area contributed by atoms with E-state index in [1.807, 2.05) is 4.90 Å². The Hall–Kier alpha value is -2.29. The predicted molar refractivity (Wildman–Crippen MR) is 122 cm³/mol. The van der Waals surface area contributed by atoms with Gasteiger partial charge < -0.3 is 15.7 Å². The van der Waals surface area contributed by atoms with Gasteiger partial charge in [-0.3, -0.25) is 14.5 Å². The van der Waals surface area contributed by atoms with Crippen LogP contribution in [0.15, 0.2) is 12.1 Å². The van der Waals surface area contributed by atoms with Crippen LogP contribution < -0.4 is 5.73 Å². The summed E-state index contributed by atoms with van der Waals surface area (Å²) in [6, 6.07) is 2.38. The zero-order valence-corrected chi connectivity index (χ0v) is 19.9. The van der Waals surface area contributed by atoms with E-state index < -0.39 is 23.1 Å². The Balaban J connectivity index is 1.23. The van der Waals surface area contributed by atoms with E-state index in [-0.39, 0.29) is 48.0 Å². The molecule has 7 atom stereocenters. The quantitative estimate of drug-likeness (QED) is 0.615. The van der Waals surface area contributed by atoms with Gasteiger partial charge in [0.05, 0.1) is 16.9 Å². The smallest absolute Gasteiger partial charge is 0.416 e. The van der Waals surface area contributed by atoms with Crippen LogP contribution in [-0.4, -0.2) is 52.0 Å². The number of piperidine rings is 1. The number of likely N-dealkylation sites (tertiary alicyclic amines) is 1. The van der Waals surface area contributed by atoms with Crippen LogP contribution in [0.1, 0.15) is 55.7 Å². The van der Waals surface area contributed by atoms with Crippen molar-refractivity contribution in [3.05, 3.63) is 28.8 Å². The Morgan fingerprint density at radius 1 is 1.23 bits per heavy atom. The minimum absolute atomic E-state index is 0.0540. The number of carboxylic acid groups (broad SMARTS) is 1. The summed E-state index contributed by atoms with van der Waals surface area (Å²) in [4.78, 5) is 29.8. The maximum atomic E-state index is 13.8. The summed E-state index contributed by atoms with van der Waals surface area (Å²) in [6.07, 6.45) is 0.175. The first-order chi connectivity index (χ1) is 16.5. The molecule has 35 heavy (non-hydrogen) atoms. The van der Waals surface area contributed by atoms with E-state index in [0.29, 0.717) is 17.9 Å². The highest BCUT2D eigenvalue weighted by atomic mass is 19.4. The number of fused-ring (bicyclic) bond motifs is 4. The molecule has 0 radical (unpaired) electrons. The van der Waals surface area contributed by atoms with Crippen LogP contribution in [0.2, 0.25) is 0 Å². The third-order valence-corrected chi connectivity index (χ3v) is 10.1. The first-order valence-electron chi connectivity index (χ1n) is 12.7. The molecule has 2 bridgehead atoms. The Kier molecular flexibility index (Phi) is 5.03. The number of aliphatic carboxylic acids is 1. The summed E-state index contributed by atoms with van der Waals surface area (Å²) in [5.41, 5.74) is 6.24. The van der Waals surface area contributed by atoms with Crippen LogP contribution in [0.5, 0.6) is 0 Å². The highest BCUT2D eigenvalue weighted by Crippen LogP contribution is 2.56. The van der Waals surface area contributed by atoms with E-state index in [2.05, 4.69) is 11.8 Å². The summed E-state index contributed by atoms with van der Waals surface area (Å²) in [5, 5.41) is 9.58. The second-order valence-electron chi connectivity index (χ2n) is 11.7. The molecule has 1 amide bonds. The van der Waals surface area contributed by atoms with Crippen molar-refractivity contribution in [1.82, 2.24) is 9.80 Å². The number of nitrogens with two attached hydrogens (primary N) is 1. The summed E-state index contributed by atoms with van der Waals surface area (Å²) < 4.78 is 40.1. The highest BCUT2D eigenvalue weighted by molar-refractivity contribution is 5.87. The van der Waals surface area contributed by atoms with E-state index in [1.165, 1.54) is 0 Å². The van der Waals surface area contributed by atoms with Gasteiger partial charge in [-0.1, -0.05) is 6.92 Å². The molecule has 9 heteroatoms. The van der Waals surface area contributed by atoms with E-state index in [4.69, 9.17) is 5.73 Å². The van der Waals surface area contributed by atoms with Crippen molar-refractivity contribution in [1.29, 1.82) is 0 Å². The molecule has 6 rings (SSSR count). The van der Waals surface area contributed by atoms with Crippen molar-refractivity contribution >= 4 is 17.6 Å². The largest absolute Gasteiger partial charge is 0.481 e. The minimum Gasteiger partial charge on any atom is -0.481 e. The number of rotatable bonds is 2. The van der Waals surface area contributed by atoms with Gasteiger partial charge in [0.15, 0.2) is 0 Å². The molecule has 6 nitrogen and oxygen atoms in total. The molecule has 1 spiro atoms. The number of carbonyl (C=O) groups is 2. The third-order valence-electron chi connectivity index (χ3n) is 10.1. The van der Waals surface area contributed by atoms with E-state index in [0.717, 1.165) is 62.9 Å². The third kappa shape index (κ3) is 3.40. The van der Waals surface area contributed by atoms with Crippen molar-refractivity contribution in [2.45, 2.75) is 70.3 Å². The molecule has 5 unspecified atom stereocenters. The van der Waals surface area contributed by atoms with Gasteiger partial charge in [0.2, 0.25) is 5.91 Å². The Bertz CT molecular complexity index is 1090. The van der Waals surface area contributed by atoms with E-state index in [9.17, 15) is 27.9 Å². The number of halogens is 3. The van der Waals surface area contributed by atoms with Crippen LogP contribution in [0.25, 0.3) is 0 Å². The van der Waals surface area contributed by atoms with Crippen molar-refractivity contribution in [2.75, 3.05) is 18.8 Å². The molecule has 1 aromatic carbocycles. The average Bonchev–Trinajstić information content (AvgIpc) is 3.43. The number of benzene rings is 1. The van der Waals surface area contributed by atoms with Gasteiger partial charge in [-0.15, -0.1) is 0 Å². The van der Waals surface area contributed by atoms with Crippen molar-refractivity contribution < 1.29 is 27.9 Å². The monoisotopic (exact) mass is 491 g/mol. The topological polar surface area (TPSA) is 86.9 Å². The lowest BCUT2D eigenvalue weighted by Gasteiger charge is -2.37. The van der Waals surface area contributed by atoms with Crippen LogP contribution in [0, 0.1) is 29.1 Å². The van der Waals surface area contributed by atoms with Gasteiger partial charge in [-0.05, 0) is 79.5 Å². The second kappa shape index (κ2) is 7.60. The number of hydrogen-bond donors (Lipinski definition) is 2. The number of carbonyl (C=O) groups excluding carboxylic acids is 1. The number of alkyl halides is 3. The van der Waals surface area contributed by atoms with E-state index in [1.54, 1.807) is 0 Å². The van der Waals surface area contributed by atoms with Gasteiger partial charge in [-0.25, -0.2) is 0 Å². The molecular formula is C26H32F3N3O3. The summed E-state index contributed by atoms with van der Waals surface area (Å²) in [6.45, 7) is 3.99. The summed E-state index contributed by atoms with van der Waals surface area (Å²) in [5.74, 6) is -0.190. The minimum atomic E-state index is -4.48. The first-order valence-corrected chi connectivity index (χ1v) is 12.7. The number of nitrogen functional groups attached to an aromatic ring is 1. The predicted octanol–water partition coefficient (Wildman–Crippen LogP) is 3.77. The molecular weight excluding hydrogens is 459 g/mol. The van der Waals surface area contributed by atoms with Crippen LogP contribution in [-0.2, 0) is 28.7 Å². The van der Waals surface area contributed by atoms with Gasteiger partial charge in [0.1, 0.15) is 0 Å². The maximum Gasteiger partial charge on any atom is 0.416 e. The fourth-order valence-electron chi connectivity index (χ4n) is 8.32. The number of nitrogens with zero attached hydrogens (tertiary/aromatic N) is 2. The lowest BCUT2D eigenvalue weighted by atomic mass is 9.73. The first kappa shape index (κ1) is 23.1. The SMILES string of the molecule is CC1C2Cc3c(N)cc(C(F)(F)F)cc3CN2C(=O)[C@]12CC[C@@H](N1CC3CC(C1)C(C(=O)O)C3)C2. The van der Waals surface area contributed by atoms with Gasteiger partial charge in [0, 0.05) is 37.4 Å². The Morgan fingerprint density at radius 2 is 2.00 bits per heavy atom. The summed E-state index contributed by atoms with van der Waals surface area (Å²) in [7, 11) is 0. The molecule has 2 aliphatic carbocycles. The Labute approximate surface area is 202 Å². The van der Waals surface area contributed by atoms with Gasteiger partial charge in [0.25, 0.3) is 0 Å². The fraction of sp³-hybridized carbons (Fsp3) is 0.692. The molecule has 5 aliphatic rings. The second-order valence-corrected chi connectivity index (χ2v) is 11.7. The average molecular weight is 492 g/mol. The van der Waals surface area contributed by atoms with Crippen molar-refractivity contribution in [3.63, 3.8) is 0 Å². The van der Waals surface area contributed by atoms with Crippen molar-refractivity contribution in [3.8, 4) is 0 Å². The van der Waals surface area contributed by atoms with Crippen molar-refractivity contribution in [2.24, 2.45) is 29.1 Å². The number of carboxylic acids is 1. The number of anilines is 1. The summed E-state index contributed by atoms with van der Waals surface area (Å²) >= 11 is 0. The number of amides is 1. The van der Waals surface area contributed by atoms with Crippen LogP contribution >= 0.6 is 0 Å². The highest BCUT2D eigenvalue weighted by Gasteiger charge is 2.61. The molecule has 4 fully saturated rings. The molecule has 2 saturated heterocycles. The van der Waals surface area contributed by atoms with Crippen LogP contribution in [0.4, 0.5) is 18.9 Å². The van der Waals surface area contributed by atoms with Gasteiger partial charge >= 0.3 is 12.1 Å².